The van der Waals surface area contributed by atoms with E-state index in [-0.39, 0.29) is 23.8 Å². The van der Waals surface area contributed by atoms with E-state index < -0.39 is 0 Å². The van der Waals surface area contributed by atoms with E-state index in [2.05, 4.69) is 20.5 Å². The van der Waals surface area contributed by atoms with Crippen molar-refractivity contribution >= 4 is 34.1 Å². The van der Waals surface area contributed by atoms with E-state index in [4.69, 9.17) is 9.47 Å². The summed E-state index contributed by atoms with van der Waals surface area (Å²) < 4.78 is 13.2. The second-order valence-electron chi connectivity index (χ2n) is 6.41. The van der Waals surface area contributed by atoms with Crippen LogP contribution in [0.1, 0.15) is 38.7 Å². The summed E-state index contributed by atoms with van der Waals surface area (Å²) in [6.07, 6.45) is 1.34. The van der Waals surface area contributed by atoms with Crippen LogP contribution in [0.15, 0.2) is 41.0 Å². The predicted octanol–water partition coefficient (Wildman–Crippen LogP) is 4.19. The SMILES string of the molecule is COc1ccc(OC(C)c2nnc(SCC(=O)Nc3nccs3)n2C(C)C)cc1. The number of hydrogen-bond acceptors (Lipinski definition) is 8. The molecule has 0 fully saturated rings. The van der Waals surface area contributed by atoms with Gasteiger partial charge in [-0.3, -0.25) is 4.79 Å². The molecule has 0 saturated carbocycles. The highest BCUT2D eigenvalue weighted by molar-refractivity contribution is 7.99. The first-order valence-corrected chi connectivity index (χ1v) is 10.9. The number of aromatic nitrogens is 4. The molecular formula is C19H23N5O3S2. The standard InChI is InChI=1S/C19H23N5O3S2/c1-12(2)24-17(13(3)27-15-7-5-14(26-4)6-8-15)22-23-19(24)29-11-16(25)21-18-20-9-10-28-18/h5-10,12-13H,11H2,1-4H3,(H,20,21,25). The quantitative estimate of drug-likeness (QED) is 0.506. The van der Waals surface area contributed by atoms with Gasteiger partial charge in [-0.2, -0.15) is 0 Å². The van der Waals surface area contributed by atoms with Gasteiger partial charge in [0.2, 0.25) is 5.91 Å². The third-order valence-corrected chi connectivity index (χ3v) is 5.59. The van der Waals surface area contributed by atoms with Crippen molar-refractivity contribution in [1.29, 1.82) is 0 Å². The lowest BCUT2D eigenvalue weighted by molar-refractivity contribution is -0.113. The summed E-state index contributed by atoms with van der Waals surface area (Å²) in [5.74, 6) is 2.28. The number of benzene rings is 1. The van der Waals surface area contributed by atoms with E-state index >= 15 is 0 Å². The third kappa shape index (κ3) is 5.48. The van der Waals surface area contributed by atoms with Gasteiger partial charge in [-0.15, -0.1) is 21.5 Å². The van der Waals surface area contributed by atoms with Gasteiger partial charge in [-0.05, 0) is 45.0 Å². The highest BCUT2D eigenvalue weighted by atomic mass is 32.2. The summed E-state index contributed by atoms with van der Waals surface area (Å²) in [7, 11) is 1.63. The van der Waals surface area contributed by atoms with Crippen LogP contribution >= 0.6 is 23.1 Å². The number of anilines is 1. The van der Waals surface area contributed by atoms with Gasteiger partial charge in [0.05, 0.1) is 12.9 Å². The molecule has 3 rings (SSSR count). The van der Waals surface area contributed by atoms with E-state index in [1.165, 1.54) is 23.1 Å². The molecule has 10 heteroatoms. The Morgan fingerprint density at radius 1 is 1.21 bits per heavy atom. The van der Waals surface area contributed by atoms with E-state index in [9.17, 15) is 4.79 Å². The number of thioether (sulfide) groups is 1. The molecule has 0 aliphatic carbocycles. The highest BCUT2D eigenvalue weighted by Crippen LogP contribution is 2.28. The monoisotopic (exact) mass is 433 g/mol. The highest BCUT2D eigenvalue weighted by Gasteiger charge is 2.22. The molecule has 0 aliphatic heterocycles. The largest absolute Gasteiger partial charge is 0.497 e. The number of nitrogens with one attached hydrogen (secondary N) is 1. The molecule has 2 aromatic heterocycles. The molecule has 3 aromatic rings. The smallest absolute Gasteiger partial charge is 0.236 e. The lowest BCUT2D eigenvalue weighted by Gasteiger charge is -2.19. The zero-order chi connectivity index (χ0) is 20.8. The number of amides is 1. The van der Waals surface area contributed by atoms with Gasteiger partial charge in [0.1, 0.15) is 11.5 Å². The molecule has 0 aliphatic rings. The minimum absolute atomic E-state index is 0.117. The molecule has 1 aromatic carbocycles. The topological polar surface area (TPSA) is 91.2 Å². The maximum Gasteiger partial charge on any atom is 0.236 e. The van der Waals surface area contributed by atoms with E-state index in [1.807, 2.05) is 55.0 Å². The fraction of sp³-hybridized carbons (Fsp3) is 0.368. The molecule has 1 N–H and O–H groups in total. The summed E-state index contributed by atoms with van der Waals surface area (Å²) in [5, 5.41) is 14.4. The van der Waals surface area contributed by atoms with Gasteiger partial charge in [-0.1, -0.05) is 11.8 Å². The zero-order valence-electron chi connectivity index (χ0n) is 16.7. The summed E-state index contributed by atoms with van der Waals surface area (Å²) in [6.45, 7) is 6.02. The van der Waals surface area contributed by atoms with Crippen LogP contribution in [0.25, 0.3) is 0 Å². The first-order chi connectivity index (χ1) is 14.0. The predicted molar refractivity (Wildman–Crippen MR) is 114 cm³/mol. The van der Waals surface area contributed by atoms with Crippen LogP contribution in [0.3, 0.4) is 0 Å². The van der Waals surface area contributed by atoms with Gasteiger partial charge in [0.15, 0.2) is 22.2 Å². The van der Waals surface area contributed by atoms with Crippen molar-refractivity contribution < 1.29 is 14.3 Å². The molecule has 2 heterocycles. The number of hydrogen-bond donors (Lipinski definition) is 1. The molecule has 8 nitrogen and oxygen atoms in total. The fourth-order valence-electron chi connectivity index (χ4n) is 2.63. The number of carbonyl (C=O) groups excluding carboxylic acids is 1. The first-order valence-electron chi connectivity index (χ1n) is 9.05. The summed E-state index contributed by atoms with van der Waals surface area (Å²) in [5.41, 5.74) is 0. The van der Waals surface area contributed by atoms with Crippen molar-refractivity contribution in [1.82, 2.24) is 19.7 Å². The second-order valence-corrected chi connectivity index (χ2v) is 8.25. The number of thiazole rings is 1. The van der Waals surface area contributed by atoms with Crippen molar-refractivity contribution in [2.24, 2.45) is 0 Å². The van der Waals surface area contributed by atoms with Crippen LogP contribution in [0, 0.1) is 0 Å². The summed E-state index contributed by atoms with van der Waals surface area (Å²) >= 11 is 2.72. The molecule has 1 atom stereocenters. The Kier molecular flexibility index (Phi) is 7.10. The van der Waals surface area contributed by atoms with Gasteiger partial charge in [-0.25, -0.2) is 4.98 Å². The Balaban J connectivity index is 1.67. The lowest BCUT2D eigenvalue weighted by Crippen LogP contribution is -2.16. The van der Waals surface area contributed by atoms with Crippen LogP contribution in [-0.4, -0.2) is 38.5 Å². The molecule has 0 spiro atoms. The van der Waals surface area contributed by atoms with Gasteiger partial charge >= 0.3 is 0 Å². The molecule has 1 amide bonds. The van der Waals surface area contributed by atoms with E-state index in [1.54, 1.807) is 13.3 Å². The van der Waals surface area contributed by atoms with Crippen LogP contribution in [-0.2, 0) is 4.79 Å². The van der Waals surface area contributed by atoms with Crippen molar-refractivity contribution in [3.05, 3.63) is 41.7 Å². The first kappa shape index (κ1) is 21.1. The van der Waals surface area contributed by atoms with Crippen LogP contribution in [0.2, 0.25) is 0 Å². The summed E-state index contributed by atoms with van der Waals surface area (Å²) in [6, 6.07) is 7.51. The molecular weight excluding hydrogens is 410 g/mol. The molecule has 0 radical (unpaired) electrons. The minimum Gasteiger partial charge on any atom is -0.497 e. The van der Waals surface area contributed by atoms with Crippen LogP contribution in [0.5, 0.6) is 11.5 Å². The molecule has 29 heavy (non-hydrogen) atoms. The fourth-order valence-corrected chi connectivity index (χ4v) is 4.05. The number of methoxy groups -OCH3 is 1. The second kappa shape index (κ2) is 9.75. The number of nitrogens with zero attached hydrogens (tertiary/aromatic N) is 4. The zero-order valence-corrected chi connectivity index (χ0v) is 18.3. The van der Waals surface area contributed by atoms with E-state index in [0.717, 1.165) is 5.75 Å². The number of ether oxygens (including phenoxy) is 2. The number of rotatable bonds is 9. The van der Waals surface area contributed by atoms with Gasteiger partial charge < -0.3 is 19.4 Å². The van der Waals surface area contributed by atoms with Crippen molar-refractivity contribution in [2.45, 2.75) is 38.1 Å². The average molecular weight is 434 g/mol. The Hall–Kier alpha value is -2.59. The molecule has 0 bridgehead atoms. The molecule has 1 unspecified atom stereocenters. The van der Waals surface area contributed by atoms with Gasteiger partial charge in [0, 0.05) is 17.6 Å². The van der Waals surface area contributed by atoms with Crippen LogP contribution < -0.4 is 14.8 Å². The Labute approximate surface area is 177 Å². The normalized spacial score (nSPS) is 12.0. The Bertz CT molecular complexity index is 926. The van der Waals surface area contributed by atoms with Crippen molar-refractivity contribution in [3.8, 4) is 11.5 Å². The van der Waals surface area contributed by atoms with Gasteiger partial charge in [0.25, 0.3) is 0 Å². The minimum atomic E-state index is -0.309. The molecule has 0 saturated heterocycles. The van der Waals surface area contributed by atoms with Crippen molar-refractivity contribution in [2.75, 3.05) is 18.2 Å². The third-order valence-electron chi connectivity index (χ3n) is 3.95. The maximum atomic E-state index is 12.1. The van der Waals surface area contributed by atoms with E-state index in [0.29, 0.717) is 21.9 Å². The summed E-state index contributed by atoms with van der Waals surface area (Å²) in [4.78, 5) is 16.2. The number of carbonyl (C=O) groups is 1. The van der Waals surface area contributed by atoms with Crippen LogP contribution in [0.4, 0.5) is 5.13 Å². The lowest BCUT2D eigenvalue weighted by atomic mass is 10.3. The Morgan fingerprint density at radius 3 is 2.55 bits per heavy atom. The maximum absolute atomic E-state index is 12.1. The average Bonchev–Trinajstić information content (AvgIpc) is 3.36. The Morgan fingerprint density at radius 2 is 1.93 bits per heavy atom. The molecule has 154 valence electrons. The van der Waals surface area contributed by atoms with Crippen molar-refractivity contribution in [3.63, 3.8) is 0 Å².